The van der Waals surface area contributed by atoms with Gasteiger partial charge in [-0.05, 0) is 36.2 Å². The number of piperazine rings is 1. The van der Waals surface area contributed by atoms with Gasteiger partial charge in [0.25, 0.3) is 5.56 Å². The molecule has 0 bridgehead atoms. The van der Waals surface area contributed by atoms with Crippen LogP contribution in [0.2, 0.25) is 5.02 Å². The number of hydrogen-bond acceptors (Lipinski definition) is 6. The molecule has 34 heavy (non-hydrogen) atoms. The summed E-state index contributed by atoms with van der Waals surface area (Å²) in [5.74, 6) is -0.377. The molecule has 1 fully saturated rings. The molecular formula is C25H27ClN4O4. The van der Waals surface area contributed by atoms with Crippen molar-refractivity contribution < 1.29 is 14.3 Å². The van der Waals surface area contributed by atoms with Gasteiger partial charge in [-0.1, -0.05) is 35.9 Å². The second-order valence-electron chi connectivity index (χ2n) is 8.36. The number of nitrogens with zero attached hydrogens (tertiary/aromatic N) is 4. The Morgan fingerprint density at radius 3 is 2.47 bits per heavy atom. The summed E-state index contributed by atoms with van der Waals surface area (Å²) in [4.78, 5) is 46.3. The molecule has 2 aromatic carbocycles. The SMILES string of the molecule is COC(=O)C(c1ccc(Cl)cc1)N1CCN(C(=O)CCn2cnc3c(C)cccc3c2=O)CC1. The molecular weight excluding hydrogens is 456 g/mol. The van der Waals surface area contributed by atoms with Crippen molar-refractivity contribution in [2.24, 2.45) is 0 Å². The molecule has 8 nitrogen and oxygen atoms in total. The number of hydrogen-bond donors (Lipinski definition) is 0. The topological polar surface area (TPSA) is 84.7 Å². The van der Waals surface area contributed by atoms with Crippen molar-refractivity contribution in [3.8, 4) is 0 Å². The molecule has 0 aliphatic carbocycles. The lowest BCUT2D eigenvalue weighted by atomic mass is 10.0. The number of para-hydroxylation sites is 1. The highest BCUT2D eigenvalue weighted by molar-refractivity contribution is 6.30. The minimum atomic E-state index is -0.551. The van der Waals surface area contributed by atoms with Crippen molar-refractivity contribution in [2.75, 3.05) is 33.3 Å². The number of methoxy groups -OCH3 is 1. The number of halogens is 1. The highest BCUT2D eigenvalue weighted by atomic mass is 35.5. The Morgan fingerprint density at radius 2 is 1.79 bits per heavy atom. The maximum atomic E-state index is 12.8. The summed E-state index contributed by atoms with van der Waals surface area (Å²) in [5.41, 5.74) is 2.29. The standard InChI is InChI=1S/C25H27ClN4O4/c1-17-4-3-5-20-22(17)27-16-30(24(20)32)11-10-21(31)28-12-14-29(15-13-28)23(25(33)34-2)18-6-8-19(26)9-7-18/h3-9,16,23H,10-15H2,1-2H3. The number of aryl methyl sites for hydroxylation is 2. The number of fused-ring (bicyclic) bond motifs is 1. The van der Waals surface area contributed by atoms with Crippen molar-refractivity contribution in [1.82, 2.24) is 19.4 Å². The quantitative estimate of drug-likeness (QED) is 0.502. The Labute approximate surface area is 202 Å². The number of aromatic nitrogens is 2. The highest BCUT2D eigenvalue weighted by Gasteiger charge is 2.32. The third kappa shape index (κ3) is 4.98. The Balaban J connectivity index is 1.38. The fraction of sp³-hybridized carbons (Fsp3) is 0.360. The summed E-state index contributed by atoms with van der Waals surface area (Å²) in [6.45, 7) is 4.23. The van der Waals surface area contributed by atoms with E-state index in [0.717, 1.165) is 11.1 Å². The van der Waals surface area contributed by atoms with Crippen molar-refractivity contribution >= 4 is 34.4 Å². The van der Waals surface area contributed by atoms with Crippen LogP contribution in [0.3, 0.4) is 0 Å². The second-order valence-corrected chi connectivity index (χ2v) is 8.79. The average molecular weight is 483 g/mol. The molecule has 1 atom stereocenters. The fourth-order valence-electron chi connectivity index (χ4n) is 4.35. The van der Waals surface area contributed by atoms with E-state index in [1.165, 1.54) is 18.0 Å². The Kier molecular flexibility index (Phi) is 7.29. The average Bonchev–Trinajstić information content (AvgIpc) is 2.85. The third-order valence-corrected chi connectivity index (χ3v) is 6.52. The number of benzene rings is 2. The lowest BCUT2D eigenvalue weighted by Crippen LogP contribution is -2.51. The van der Waals surface area contributed by atoms with Crippen LogP contribution in [0.1, 0.15) is 23.6 Å². The number of ether oxygens (including phenoxy) is 1. The summed E-state index contributed by atoms with van der Waals surface area (Å²) >= 11 is 5.99. The molecule has 3 aromatic rings. The van der Waals surface area contributed by atoms with E-state index in [0.29, 0.717) is 42.1 Å². The number of carbonyl (C=O) groups excluding carboxylic acids is 2. The zero-order chi connectivity index (χ0) is 24.2. The first-order valence-electron chi connectivity index (χ1n) is 11.2. The summed E-state index contributed by atoms with van der Waals surface area (Å²) in [7, 11) is 1.37. The summed E-state index contributed by atoms with van der Waals surface area (Å²) < 4.78 is 6.52. The van der Waals surface area contributed by atoms with E-state index in [1.807, 2.05) is 36.1 Å². The van der Waals surface area contributed by atoms with E-state index in [4.69, 9.17) is 16.3 Å². The number of amides is 1. The van der Waals surface area contributed by atoms with Gasteiger partial charge in [0, 0.05) is 44.2 Å². The van der Waals surface area contributed by atoms with Crippen molar-refractivity contribution in [1.29, 1.82) is 0 Å². The Morgan fingerprint density at radius 1 is 1.09 bits per heavy atom. The maximum Gasteiger partial charge on any atom is 0.327 e. The van der Waals surface area contributed by atoms with Crippen molar-refractivity contribution in [3.05, 3.63) is 75.3 Å². The third-order valence-electron chi connectivity index (χ3n) is 6.26. The van der Waals surface area contributed by atoms with Gasteiger partial charge in [0.1, 0.15) is 6.04 Å². The fourth-order valence-corrected chi connectivity index (χ4v) is 4.48. The maximum absolute atomic E-state index is 12.8. The smallest absolute Gasteiger partial charge is 0.327 e. The van der Waals surface area contributed by atoms with Gasteiger partial charge < -0.3 is 9.64 Å². The molecule has 0 spiro atoms. The molecule has 1 saturated heterocycles. The molecule has 0 N–H and O–H groups in total. The molecule has 4 rings (SSSR count). The molecule has 0 saturated carbocycles. The summed E-state index contributed by atoms with van der Waals surface area (Å²) in [6.07, 6.45) is 1.71. The largest absolute Gasteiger partial charge is 0.468 e. The molecule has 9 heteroatoms. The monoisotopic (exact) mass is 482 g/mol. The zero-order valence-electron chi connectivity index (χ0n) is 19.2. The van der Waals surface area contributed by atoms with Crippen LogP contribution in [-0.2, 0) is 20.9 Å². The van der Waals surface area contributed by atoms with E-state index in [2.05, 4.69) is 4.98 Å². The molecule has 2 heterocycles. The minimum absolute atomic E-state index is 0.0306. The highest BCUT2D eigenvalue weighted by Crippen LogP contribution is 2.25. The zero-order valence-corrected chi connectivity index (χ0v) is 20.0. The van der Waals surface area contributed by atoms with Gasteiger partial charge in [-0.3, -0.25) is 19.1 Å². The van der Waals surface area contributed by atoms with Crippen LogP contribution in [-0.4, -0.2) is 64.5 Å². The van der Waals surface area contributed by atoms with Gasteiger partial charge in [-0.15, -0.1) is 0 Å². The Bertz CT molecular complexity index is 1250. The van der Waals surface area contributed by atoms with Gasteiger partial charge in [0.2, 0.25) is 5.91 Å². The van der Waals surface area contributed by atoms with Gasteiger partial charge in [0.15, 0.2) is 0 Å². The van der Waals surface area contributed by atoms with Crippen LogP contribution in [0.15, 0.2) is 53.6 Å². The summed E-state index contributed by atoms with van der Waals surface area (Å²) in [5, 5.41) is 1.15. The molecule has 1 aromatic heterocycles. The molecule has 1 unspecified atom stereocenters. The minimum Gasteiger partial charge on any atom is -0.468 e. The van der Waals surface area contributed by atoms with E-state index >= 15 is 0 Å². The lowest BCUT2D eigenvalue weighted by molar-refractivity contribution is -0.148. The predicted molar refractivity (Wildman–Crippen MR) is 130 cm³/mol. The lowest BCUT2D eigenvalue weighted by Gasteiger charge is -2.38. The van der Waals surface area contributed by atoms with Gasteiger partial charge >= 0.3 is 5.97 Å². The van der Waals surface area contributed by atoms with E-state index < -0.39 is 6.04 Å². The molecule has 1 aliphatic heterocycles. The summed E-state index contributed by atoms with van der Waals surface area (Å²) in [6, 6.07) is 12.1. The van der Waals surface area contributed by atoms with Crippen molar-refractivity contribution in [3.63, 3.8) is 0 Å². The number of rotatable bonds is 6. The van der Waals surface area contributed by atoms with Crippen molar-refractivity contribution in [2.45, 2.75) is 25.9 Å². The number of esters is 1. The van der Waals surface area contributed by atoms with Crippen LogP contribution in [0.25, 0.3) is 10.9 Å². The van der Waals surface area contributed by atoms with Gasteiger partial charge in [0.05, 0.1) is 24.3 Å². The first-order valence-corrected chi connectivity index (χ1v) is 11.6. The van der Waals surface area contributed by atoms with Gasteiger partial charge in [-0.25, -0.2) is 9.78 Å². The first kappa shape index (κ1) is 23.9. The predicted octanol–water partition coefficient (Wildman–Crippen LogP) is 2.81. The number of carbonyl (C=O) groups is 2. The molecule has 1 aliphatic rings. The van der Waals surface area contributed by atoms with E-state index in [1.54, 1.807) is 23.1 Å². The Hall–Kier alpha value is -3.23. The molecule has 0 radical (unpaired) electrons. The van der Waals surface area contributed by atoms with Crippen LogP contribution in [0.4, 0.5) is 0 Å². The van der Waals surface area contributed by atoms with Gasteiger partial charge in [-0.2, -0.15) is 0 Å². The van der Waals surface area contributed by atoms with Crippen LogP contribution in [0, 0.1) is 6.92 Å². The first-order chi connectivity index (χ1) is 16.4. The van der Waals surface area contributed by atoms with Crippen LogP contribution in [0.5, 0.6) is 0 Å². The van der Waals surface area contributed by atoms with Crippen LogP contribution >= 0.6 is 11.6 Å². The van der Waals surface area contributed by atoms with E-state index in [-0.39, 0.29) is 30.4 Å². The van der Waals surface area contributed by atoms with Crippen LogP contribution < -0.4 is 5.56 Å². The van der Waals surface area contributed by atoms with E-state index in [9.17, 15) is 14.4 Å². The molecule has 178 valence electrons. The normalized spacial score (nSPS) is 15.3. The second kappa shape index (κ2) is 10.4. The molecule has 1 amide bonds.